The maximum absolute atomic E-state index is 11.6. The summed E-state index contributed by atoms with van der Waals surface area (Å²) in [4.78, 5) is 11.6. The normalized spacial score (nSPS) is 22.1. The topological polar surface area (TPSA) is 29.1 Å². The van der Waals surface area contributed by atoms with Crippen molar-refractivity contribution in [1.29, 1.82) is 0 Å². The van der Waals surface area contributed by atoms with Crippen LogP contribution in [-0.4, -0.2) is 5.91 Å². The Morgan fingerprint density at radius 2 is 1.88 bits per heavy atom. The molecule has 0 radical (unpaired) electrons. The van der Waals surface area contributed by atoms with Crippen molar-refractivity contribution in [2.24, 2.45) is 0 Å². The molecule has 1 aromatic rings. The lowest BCUT2D eigenvalue weighted by Crippen LogP contribution is -2.29. The Hall–Kier alpha value is -1.31. The molecule has 0 saturated carbocycles. The van der Waals surface area contributed by atoms with Gasteiger partial charge in [0.2, 0.25) is 5.91 Å². The minimum absolute atomic E-state index is 0.199. The number of amides is 1. The quantitative estimate of drug-likeness (QED) is 0.769. The first-order valence-electron chi connectivity index (χ1n) is 6.11. The van der Waals surface area contributed by atoms with Crippen molar-refractivity contribution >= 4 is 5.91 Å². The van der Waals surface area contributed by atoms with E-state index in [0.717, 1.165) is 12.8 Å². The number of hydrogen-bond donors (Lipinski definition) is 1. The Bertz CT molecular complexity index is 356. The molecule has 1 heterocycles. The first-order valence-corrected chi connectivity index (χ1v) is 6.11. The summed E-state index contributed by atoms with van der Waals surface area (Å²) >= 11 is 0. The van der Waals surface area contributed by atoms with E-state index in [4.69, 9.17) is 0 Å². The lowest BCUT2D eigenvalue weighted by Gasteiger charge is -2.21. The summed E-state index contributed by atoms with van der Waals surface area (Å²) in [6.45, 7) is 2.08. The van der Waals surface area contributed by atoms with Crippen LogP contribution in [-0.2, 0) is 4.79 Å². The molecule has 2 rings (SSSR count). The smallest absolute Gasteiger partial charge is 0.220 e. The fraction of sp³-hybridized carbons (Fsp3) is 0.500. The van der Waals surface area contributed by atoms with Crippen LogP contribution in [0.4, 0.5) is 0 Å². The van der Waals surface area contributed by atoms with Crippen molar-refractivity contribution in [2.45, 2.75) is 45.1 Å². The second-order valence-electron chi connectivity index (χ2n) is 4.63. The number of carbonyl (C=O) groups excluding carboxylic acids is 1. The molecule has 16 heavy (non-hydrogen) atoms. The molecule has 1 amide bonds. The highest BCUT2D eigenvalue weighted by molar-refractivity contribution is 5.76. The molecule has 1 N–H and O–H groups in total. The molecule has 2 heteroatoms. The highest BCUT2D eigenvalue weighted by Gasteiger charge is 2.16. The molecular weight excluding hydrogens is 198 g/mol. The summed E-state index contributed by atoms with van der Waals surface area (Å²) in [5.41, 5.74) is 2.50. The average Bonchev–Trinajstić information content (AvgIpc) is 2.24. The molecule has 1 aromatic carbocycles. The highest BCUT2D eigenvalue weighted by Crippen LogP contribution is 2.22. The summed E-state index contributed by atoms with van der Waals surface area (Å²) in [6, 6.07) is 8.69. The lowest BCUT2D eigenvalue weighted by molar-refractivity contribution is -0.122. The maximum atomic E-state index is 11.6. The van der Waals surface area contributed by atoms with Gasteiger partial charge in [0.1, 0.15) is 0 Å². The fourth-order valence-corrected chi connectivity index (χ4v) is 2.20. The van der Waals surface area contributed by atoms with Crippen LogP contribution in [0.5, 0.6) is 0 Å². The van der Waals surface area contributed by atoms with Gasteiger partial charge in [-0.15, -0.1) is 0 Å². The van der Waals surface area contributed by atoms with Crippen LogP contribution in [0.15, 0.2) is 24.3 Å². The van der Waals surface area contributed by atoms with E-state index in [0.29, 0.717) is 6.42 Å². The number of aryl methyl sites for hydroxylation is 1. The molecule has 1 atom stereocenters. The van der Waals surface area contributed by atoms with E-state index in [2.05, 4.69) is 36.5 Å². The summed E-state index contributed by atoms with van der Waals surface area (Å²) in [6.07, 6.45) is 5.16. The molecular formula is C14H19NO. The predicted molar refractivity (Wildman–Crippen MR) is 65.1 cm³/mol. The summed E-state index contributed by atoms with van der Waals surface area (Å²) in [5.74, 6) is 0.199. The van der Waals surface area contributed by atoms with Crippen LogP contribution in [0.1, 0.15) is 49.3 Å². The molecule has 1 unspecified atom stereocenters. The molecule has 2 nitrogen and oxygen atoms in total. The van der Waals surface area contributed by atoms with Crippen molar-refractivity contribution in [3.63, 3.8) is 0 Å². The van der Waals surface area contributed by atoms with Gasteiger partial charge >= 0.3 is 0 Å². The monoisotopic (exact) mass is 217 g/mol. The van der Waals surface area contributed by atoms with E-state index in [-0.39, 0.29) is 11.9 Å². The molecule has 86 valence electrons. The van der Waals surface area contributed by atoms with Gasteiger partial charge in [-0.1, -0.05) is 42.7 Å². The Kier molecular flexibility index (Phi) is 3.60. The molecule has 0 spiro atoms. The SMILES string of the molecule is Cc1ccc(C2CCCCCC(=O)N2)cc1. The van der Waals surface area contributed by atoms with E-state index in [1.807, 2.05) is 0 Å². The van der Waals surface area contributed by atoms with Gasteiger partial charge < -0.3 is 5.32 Å². The van der Waals surface area contributed by atoms with Crippen LogP contribution < -0.4 is 5.32 Å². The summed E-state index contributed by atoms with van der Waals surface area (Å²) < 4.78 is 0. The number of carbonyl (C=O) groups is 1. The van der Waals surface area contributed by atoms with Gasteiger partial charge in [-0.25, -0.2) is 0 Å². The van der Waals surface area contributed by atoms with Crippen LogP contribution >= 0.6 is 0 Å². The Labute approximate surface area is 97.1 Å². The molecule has 1 aliphatic heterocycles. The van der Waals surface area contributed by atoms with E-state index >= 15 is 0 Å². The number of nitrogens with one attached hydrogen (secondary N) is 1. The van der Waals surface area contributed by atoms with E-state index < -0.39 is 0 Å². The van der Waals surface area contributed by atoms with Gasteiger partial charge in [0.05, 0.1) is 6.04 Å². The van der Waals surface area contributed by atoms with Crippen molar-refractivity contribution in [3.05, 3.63) is 35.4 Å². The van der Waals surface area contributed by atoms with Crippen molar-refractivity contribution in [1.82, 2.24) is 5.32 Å². The standard InChI is InChI=1S/C14H19NO/c1-11-7-9-12(10-8-11)13-5-3-2-4-6-14(16)15-13/h7-10,13H,2-6H2,1H3,(H,15,16). The van der Waals surface area contributed by atoms with Gasteiger partial charge in [-0.3, -0.25) is 4.79 Å². The Morgan fingerprint density at radius 3 is 2.62 bits per heavy atom. The summed E-state index contributed by atoms with van der Waals surface area (Å²) in [5, 5.41) is 3.12. The molecule has 0 aliphatic carbocycles. The van der Waals surface area contributed by atoms with Gasteiger partial charge in [0, 0.05) is 6.42 Å². The largest absolute Gasteiger partial charge is 0.349 e. The van der Waals surface area contributed by atoms with Gasteiger partial charge in [-0.2, -0.15) is 0 Å². The number of benzene rings is 1. The predicted octanol–water partition coefficient (Wildman–Crippen LogP) is 3.12. The highest BCUT2D eigenvalue weighted by atomic mass is 16.1. The zero-order valence-corrected chi connectivity index (χ0v) is 9.83. The van der Waals surface area contributed by atoms with E-state index in [1.165, 1.54) is 24.0 Å². The second-order valence-corrected chi connectivity index (χ2v) is 4.63. The van der Waals surface area contributed by atoms with Gasteiger partial charge in [-0.05, 0) is 25.3 Å². The van der Waals surface area contributed by atoms with E-state index in [1.54, 1.807) is 0 Å². The average molecular weight is 217 g/mol. The van der Waals surface area contributed by atoms with E-state index in [9.17, 15) is 4.79 Å². The minimum atomic E-state index is 0.199. The van der Waals surface area contributed by atoms with Crippen molar-refractivity contribution in [2.75, 3.05) is 0 Å². The van der Waals surface area contributed by atoms with Crippen LogP contribution in [0.3, 0.4) is 0 Å². The first kappa shape index (κ1) is 11.2. The maximum Gasteiger partial charge on any atom is 0.220 e. The zero-order chi connectivity index (χ0) is 11.4. The third kappa shape index (κ3) is 2.84. The second kappa shape index (κ2) is 5.15. The third-order valence-electron chi connectivity index (χ3n) is 3.21. The molecule has 0 aromatic heterocycles. The van der Waals surface area contributed by atoms with Crippen molar-refractivity contribution in [3.8, 4) is 0 Å². The molecule has 1 saturated heterocycles. The molecule has 1 fully saturated rings. The lowest BCUT2D eigenvalue weighted by atomic mass is 9.97. The zero-order valence-electron chi connectivity index (χ0n) is 9.83. The van der Waals surface area contributed by atoms with Gasteiger partial charge in [0.25, 0.3) is 0 Å². The third-order valence-corrected chi connectivity index (χ3v) is 3.21. The molecule has 1 aliphatic rings. The fourth-order valence-electron chi connectivity index (χ4n) is 2.20. The number of rotatable bonds is 1. The summed E-state index contributed by atoms with van der Waals surface area (Å²) in [7, 11) is 0. The molecule has 0 bridgehead atoms. The number of hydrogen-bond acceptors (Lipinski definition) is 1. The van der Waals surface area contributed by atoms with Crippen LogP contribution in [0.25, 0.3) is 0 Å². The van der Waals surface area contributed by atoms with Gasteiger partial charge in [0.15, 0.2) is 0 Å². The Morgan fingerprint density at radius 1 is 1.12 bits per heavy atom. The van der Waals surface area contributed by atoms with Crippen LogP contribution in [0, 0.1) is 6.92 Å². The van der Waals surface area contributed by atoms with Crippen molar-refractivity contribution < 1.29 is 4.79 Å². The minimum Gasteiger partial charge on any atom is -0.349 e. The first-order chi connectivity index (χ1) is 7.75. The van der Waals surface area contributed by atoms with Crippen LogP contribution in [0.2, 0.25) is 0 Å². The Balaban J connectivity index is 2.11.